The number of fused-ring (bicyclic) bond motifs is 1. The van der Waals surface area contributed by atoms with Gasteiger partial charge in [0.1, 0.15) is 5.75 Å². The Bertz CT molecular complexity index is 1170. The fourth-order valence-electron chi connectivity index (χ4n) is 4.93. The molecule has 190 valence electrons. The number of hydrogen-bond donors (Lipinski definition) is 2. The standard InChI is InChI=1S/C24H26Cl2F2N2O5/c1-12-8-19(35-24(27)28)16(22(32)29-12)10-30-5-2-14-18(25)9-15(21(26)20(14)23(30)33)17(11-31)13-3-6-34-7-4-13/h8-9,13,17,24,31H,2-7,10-11H2,1H3,(H,29,32). The molecule has 1 aromatic carbocycles. The van der Waals surface area contributed by atoms with Crippen molar-refractivity contribution < 1.29 is 28.2 Å². The molecule has 2 aromatic rings. The van der Waals surface area contributed by atoms with Crippen LogP contribution >= 0.6 is 23.2 Å². The zero-order valence-corrected chi connectivity index (χ0v) is 20.6. The molecule has 0 aliphatic carbocycles. The summed E-state index contributed by atoms with van der Waals surface area (Å²) >= 11 is 13.3. The summed E-state index contributed by atoms with van der Waals surface area (Å²) in [6, 6.07) is 3.02. The summed E-state index contributed by atoms with van der Waals surface area (Å²) in [5, 5.41) is 10.8. The fraction of sp³-hybridized carbons (Fsp3) is 0.500. The van der Waals surface area contributed by atoms with Crippen LogP contribution in [0.2, 0.25) is 10.0 Å². The van der Waals surface area contributed by atoms with E-state index in [1.165, 1.54) is 11.0 Å². The molecule has 35 heavy (non-hydrogen) atoms. The average molecular weight is 531 g/mol. The Kier molecular flexibility index (Phi) is 8.00. The first-order valence-corrected chi connectivity index (χ1v) is 12.1. The van der Waals surface area contributed by atoms with Gasteiger partial charge in [0.25, 0.3) is 11.5 Å². The second-order valence-electron chi connectivity index (χ2n) is 8.83. The number of aliphatic hydroxyl groups excluding tert-OH is 1. The molecule has 1 aromatic heterocycles. The highest BCUT2D eigenvalue weighted by Crippen LogP contribution is 2.42. The Hall–Kier alpha value is -2.20. The van der Waals surface area contributed by atoms with E-state index in [0.717, 1.165) is 12.8 Å². The lowest BCUT2D eigenvalue weighted by Gasteiger charge is -2.33. The number of H-pyrrole nitrogens is 1. The number of carbonyl (C=O) groups excluding carboxylic acids is 1. The summed E-state index contributed by atoms with van der Waals surface area (Å²) < 4.78 is 35.9. The number of aromatic nitrogens is 1. The van der Waals surface area contributed by atoms with Crippen molar-refractivity contribution >= 4 is 29.1 Å². The monoisotopic (exact) mass is 530 g/mol. The molecule has 3 heterocycles. The molecule has 1 fully saturated rings. The molecule has 7 nitrogen and oxygen atoms in total. The van der Waals surface area contributed by atoms with E-state index >= 15 is 0 Å². The smallest absolute Gasteiger partial charge is 0.387 e. The van der Waals surface area contributed by atoms with Gasteiger partial charge in [-0.25, -0.2) is 0 Å². The van der Waals surface area contributed by atoms with E-state index in [4.69, 9.17) is 27.9 Å². The molecule has 2 aliphatic rings. The maximum atomic E-state index is 13.5. The van der Waals surface area contributed by atoms with E-state index in [9.17, 15) is 23.5 Å². The number of amides is 1. The molecule has 1 atom stereocenters. The number of aryl methyl sites for hydroxylation is 1. The molecule has 2 aliphatic heterocycles. The zero-order chi connectivity index (χ0) is 25.3. The highest BCUT2D eigenvalue weighted by Gasteiger charge is 2.34. The molecule has 1 saturated heterocycles. The maximum Gasteiger partial charge on any atom is 0.387 e. The molecule has 4 rings (SSSR count). The topological polar surface area (TPSA) is 91.9 Å². The third-order valence-electron chi connectivity index (χ3n) is 6.70. The van der Waals surface area contributed by atoms with Crippen LogP contribution in [0.1, 0.15) is 51.5 Å². The third kappa shape index (κ3) is 5.33. The van der Waals surface area contributed by atoms with E-state index in [2.05, 4.69) is 9.72 Å². The second-order valence-corrected chi connectivity index (χ2v) is 9.62. The van der Waals surface area contributed by atoms with E-state index in [-0.39, 0.29) is 53.4 Å². The maximum absolute atomic E-state index is 13.5. The molecule has 0 bridgehead atoms. The Balaban J connectivity index is 1.69. The highest BCUT2D eigenvalue weighted by molar-refractivity contribution is 6.37. The number of aromatic amines is 1. The fourth-order valence-corrected chi connectivity index (χ4v) is 5.62. The largest absolute Gasteiger partial charge is 0.434 e. The van der Waals surface area contributed by atoms with Gasteiger partial charge < -0.3 is 24.5 Å². The number of benzene rings is 1. The summed E-state index contributed by atoms with van der Waals surface area (Å²) in [5.74, 6) is -0.942. The predicted octanol–water partition coefficient (Wildman–Crippen LogP) is 4.29. The van der Waals surface area contributed by atoms with Gasteiger partial charge in [-0.05, 0) is 49.3 Å². The van der Waals surface area contributed by atoms with E-state index in [1.54, 1.807) is 13.0 Å². The van der Waals surface area contributed by atoms with Gasteiger partial charge in [-0.3, -0.25) is 9.59 Å². The number of aliphatic hydroxyl groups is 1. The van der Waals surface area contributed by atoms with Crippen LogP contribution in [0.5, 0.6) is 5.75 Å². The number of hydrogen-bond acceptors (Lipinski definition) is 5. The van der Waals surface area contributed by atoms with Crippen LogP contribution in [-0.4, -0.2) is 53.9 Å². The van der Waals surface area contributed by atoms with Gasteiger partial charge in [-0.2, -0.15) is 8.78 Å². The minimum absolute atomic E-state index is 0.0819. The van der Waals surface area contributed by atoms with Crippen molar-refractivity contribution in [1.82, 2.24) is 9.88 Å². The molecule has 0 radical (unpaired) electrons. The number of nitrogens with zero attached hydrogens (tertiary/aromatic N) is 1. The van der Waals surface area contributed by atoms with Gasteiger partial charge in [0, 0.05) is 42.5 Å². The molecule has 2 N–H and O–H groups in total. The number of ether oxygens (including phenoxy) is 2. The van der Waals surface area contributed by atoms with Crippen molar-refractivity contribution in [1.29, 1.82) is 0 Å². The minimum Gasteiger partial charge on any atom is -0.434 e. The SMILES string of the molecule is Cc1cc(OC(F)F)c(CN2CCc3c(Cl)cc(C(CO)C4CCOCC4)c(Cl)c3C2=O)c(=O)[nH]1. The van der Waals surface area contributed by atoms with Crippen molar-refractivity contribution in [2.24, 2.45) is 5.92 Å². The molecular weight excluding hydrogens is 505 g/mol. The van der Waals surface area contributed by atoms with Gasteiger partial charge in [0.15, 0.2) is 0 Å². The first-order chi connectivity index (χ1) is 16.7. The minimum atomic E-state index is -3.12. The molecule has 11 heteroatoms. The van der Waals surface area contributed by atoms with Crippen molar-refractivity contribution in [2.45, 2.75) is 45.3 Å². The lowest BCUT2D eigenvalue weighted by molar-refractivity contribution is -0.0508. The lowest BCUT2D eigenvalue weighted by atomic mass is 9.80. The second kappa shape index (κ2) is 10.8. The summed E-state index contributed by atoms with van der Waals surface area (Å²) in [4.78, 5) is 30.0. The van der Waals surface area contributed by atoms with Gasteiger partial charge in [0.2, 0.25) is 0 Å². The van der Waals surface area contributed by atoms with Crippen molar-refractivity contribution in [3.05, 3.63) is 60.5 Å². The number of alkyl halides is 2. The summed E-state index contributed by atoms with van der Waals surface area (Å²) in [5.41, 5.74) is 1.05. The van der Waals surface area contributed by atoms with Crippen LogP contribution in [0.4, 0.5) is 8.78 Å². The van der Waals surface area contributed by atoms with Crippen LogP contribution in [0.25, 0.3) is 0 Å². The first-order valence-electron chi connectivity index (χ1n) is 11.4. The summed E-state index contributed by atoms with van der Waals surface area (Å²) in [6.07, 6.45) is 1.87. The van der Waals surface area contributed by atoms with Crippen molar-refractivity contribution in [3.63, 3.8) is 0 Å². The van der Waals surface area contributed by atoms with E-state index in [1.807, 2.05) is 0 Å². The number of carbonyl (C=O) groups is 1. The molecule has 0 spiro atoms. The highest BCUT2D eigenvalue weighted by atomic mass is 35.5. The van der Waals surface area contributed by atoms with Crippen LogP contribution in [0.3, 0.4) is 0 Å². The van der Waals surface area contributed by atoms with Gasteiger partial charge in [0.05, 0.1) is 29.3 Å². The van der Waals surface area contributed by atoms with Crippen LogP contribution in [0, 0.1) is 12.8 Å². The normalized spacial score (nSPS) is 17.6. The number of nitrogens with one attached hydrogen (secondary N) is 1. The van der Waals surface area contributed by atoms with Crippen molar-refractivity contribution in [3.8, 4) is 5.75 Å². The predicted molar refractivity (Wildman–Crippen MR) is 127 cm³/mol. The van der Waals surface area contributed by atoms with Gasteiger partial charge in [-0.1, -0.05) is 23.2 Å². The molecule has 0 saturated carbocycles. The van der Waals surface area contributed by atoms with E-state index in [0.29, 0.717) is 41.5 Å². The van der Waals surface area contributed by atoms with Crippen LogP contribution < -0.4 is 10.3 Å². The van der Waals surface area contributed by atoms with E-state index < -0.39 is 18.1 Å². The quantitative estimate of drug-likeness (QED) is 0.557. The Morgan fingerprint density at radius 2 is 1.97 bits per heavy atom. The Labute approximate surface area is 210 Å². The van der Waals surface area contributed by atoms with Crippen molar-refractivity contribution in [2.75, 3.05) is 26.4 Å². The third-order valence-corrected chi connectivity index (χ3v) is 7.45. The average Bonchev–Trinajstić information content (AvgIpc) is 2.81. The summed E-state index contributed by atoms with van der Waals surface area (Å²) in [6.45, 7) is -0.598. The first kappa shape index (κ1) is 25.9. The number of halogens is 4. The molecular formula is C24H26Cl2F2N2O5. The zero-order valence-electron chi connectivity index (χ0n) is 19.1. The van der Waals surface area contributed by atoms with Crippen LogP contribution in [0.15, 0.2) is 16.9 Å². The Morgan fingerprint density at radius 1 is 1.26 bits per heavy atom. The van der Waals surface area contributed by atoms with Gasteiger partial charge in [-0.15, -0.1) is 0 Å². The molecule has 1 amide bonds. The number of pyridine rings is 1. The molecule has 1 unspecified atom stereocenters. The summed E-state index contributed by atoms with van der Waals surface area (Å²) in [7, 11) is 0. The Morgan fingerprint density at radius 3 is 2.63 bits per heavy atom. The van der Waals surface area contributed by atoms with Gasteiger partial charge >= 0.3 is 6.61 Å². The van der Waals surface area contributed by atoms with Crippen LogP contribution in [-0.2, 0) is 17.7 Å². The lowest BCUT2D eigenvalue weighted by Crippen LogP contribution is -2.39. The number of rotatable bonds is 7.